The summed E-state index contributed by atoms with van der Waals surface area (Å²) in [4.78, 5) is 27.4. The molecule has 1 aromatic heterocycles. The summed E-state index contributed by atoms with van der Waals surface area (Å²) in [6, 6.07) is 9.86. The number of rotatable bonds is 7. The van der Waals surface area contributed by atoms with Crippen molar-refractivity contribution in [2.75, 3.05) is 14.1 Å². The van der Waals surface area contributed by atoms with Gasteiger partial charge in [0.1, 0.15) is 6.61 Å². The highest BCUT2D eigenvalue weighted by Crippen LogP contribution is 2.26. The van der Waals surface area contributed by atoms with E-state index in [0.717, 1.165) is 31.2 Å². The van der Waals surface area contributed by atoms with Gasteiger partial charge in [0.05, 0.1) is 12.2 Å². The van der Waals surface area contributed by atoms with Gasteiger partial charge in [0, 0.05) is 26.4 Å². The average Bonchev–Trinajstić information content (AvgIpc) is 2.72. The zero-order chi connectivity index (χ0) is 21.3. The fourth-order valence-corrected chi connectivity index (χ4v) is 3.67. The van der Waals surface area contributed by atoms with Crippen molar-refractivity contribution >= 4 is 5.78 Å². The van der Waals surface area contributed by atoms with Gasteiger partial charge in [-0.3, -0.25) is 14.3 Å². The molecule has 0 atom stereocenters. The molecular weight excluding hydrogens is 378 g/mol. The van der Waals surface area contributed by atoms with E-state index in [9.17, 15) is 9.59 Å². The smallest absolute Gasteiger partial charge is 0.253 e. The van der Waals surface area contributed by atoms with Gasteiger partial charge in [-0.25, -0.2) is 0 Å². The number of nitrogens with zero attached hydrogens (tertiary/aromatic N) is 3. The Balaban J connectivity index is 1.93. The van der Waals surface area contributed by atoms with Crippen LogP contribution in [0, 0.1) is 0 Å². The molecule has 30 heavy (non-hydrogen) atoms. The van der Waals surface area contributed by atoms with E-state index in [-0.39, 0.29) is 24.1 Å². The highest BCUT2D eigenvalue weighted by molar-refractivity contribution is 6.02. The Morgan fingerprint density at radius 1 is 1.13 bits per heavy atom. The van der Waals surface area contributed by atoms with Crippen molar-refractivity contribution in [3.05, 3.63) is 70.3 Å². The van der Waals surface area contributed by atoms with E-state index in [4.69, 9.17) is 4.74 Å². The van der Waals surface area contributed by atoms with Gasteiger partial charge in [-0.15, -0.1) is 0 Å². The Bertz CT molecular complexity index is 911. The highest BCUT2D eigenvalue weighted by atomic mass is 16.5. The van der Waals surface area contributed by atoms with Crippen molar-refractivity contribution in [2.45, 2.75) is 57.6 Å². The predicted molar refractivity (Wildman–Crippen MR) is 118 cm³/mol. The second-order valence-corrected chi connectivity index (χ2v) is 8.07. The first-order valence-corrected chi connectivity index (χ1v) is 10.7. The molecule has 1 saturated carbocycles. The van der Waals surface area contributed by atoms with Crippen molar-refractivity contribution < 1.29 is 9.53 Å². The third-order valence-corrected chi connectivity index (χ3v) is 5.35. The van der Waals surface area contributed by atoms with Crippen molar-refractivity contribution in [1.82, 2.24) is 14.7 Å². The van der Waals surface area contributed by atoms with Crippen molar-refractivity contribution in [3.8, 4) is 5.75 Å². The second-order valence-electron chi connectivity index (χ2n) is 8.07. The molecule has 1 aromatic carbocycles. The van der Waals surface area contributed by atoms with Gasteiger partial charge >= 0.3 is 0 Å². The minimum Gasteiger partial charge on any atom is -0.483 e. The summed E-state index contributed by atoms with van der Waals surface area (Å²) in [6.07, 6.45) is 12.6. The minimum absolute atomic E-state index is 0.0827. The number of allylic oxidation sites excluding steroid dienone is 1. The van der Waals surface area contributed by atoms with Crippen molar-refractivity contribution in [3.63, 3.8) is 0 Å². The summed E-state index contributed by atoms with van der Waals surface area (Å²) in [7, 11) is 3.65. The van der Waals surface area contributed by atoms with Gasteiger partial charge in [-0.05, 0) is 18.4 Å². The molecule has 1 fully saturated rings. The zero-order valence-corrected chi connectivity index (χ0v) is 17.9. The molecule has 0 saturated heterocycles. The Hall–Kier alpha value is -2.89. The van der Waals surface area contributed by atoms with E-state index in [0.29, 0.717) is 0 Å². The SMILES string of the molecule is CN(C)/C=C/C(=O)c1nn(C2CCCCCCC2)cc(OCc2ccccc2)c1=O. The lowest BCUT2D eigenvalue weighted by Gasteiger charge is -2.22. The first kappa shape index (κ1) is 21.8. The second kappa shape index (κ2) is 10.8. The Morgan fingerprint density at radius 2 is 1.80 bits per heavy atom. The normalized spacial score (nSPS) is 15.5. The number of hydrogen-bond donors (Lipinski definition) is 0. The van der Waals surface area contributed by atoms with Crippen LogP contribution in [0.3, 0.4) is 0 Å². The molecule has 0 unspecified atom stereocenters. The van der Waals surface area contributed by atoms with Crippen LogP contribution in [-0.2, 0) is 6.61 Å². The van der Waals surface area contributed by atoms with E-state index < -0.39 is 11.2 Å². The first-order valence-electron chi connectivity index (χ1n) is 10.7. The summed E-state index contributed by atoms with van der Waals surface area (Å²) in [5.41, 5.74) is 0.425. The molecule has 1 aliphatic rings. The van der Waals surface area contributed by atoms with Crippen LogP contribution in [0.4, 0.5) is 0 Å². The third kappa shape index (κ3) is 6.05. The number of carbonyl (C=O) groups is 1. The van der Waals surface area contributed by atoms with Crippen molar-refractivity contribution in [2.24, 2.45) is 0 Å². The fraction of sp³-hybridized carbons (Fsp3) is 0.458. The highest BCUT2D eigenvalue weighted by Gasteiger charge is 2.20. The maximum absolute atomic E-state index is 13.0. The molecule has 0 N–H and O–H groups in total. The van der Waals surface area contributed by atoms with E-state index in [2.05, 4.69) is 5.10 Å². The number of ether oxygens (including phenoxy) is 1. The molecule has 0 bridgehead atoms. The summed E-state index contributed by atoms with van der Waals surface area (Å²) >= 11 is 0. The molecule has 2 aromatic rings. The molecule has 0 amide bonds. The predicted octanol–water partition coefficient (Wildman–Crippen LogP) is 4.37. The molecular formula is C24H31N3O3. The maximum Gasteiger partial charge on any atom is 0.253 e. The lowest BCUT2D eigenvalue weighted by molar-refractivity contribution is 0.103. The van der Waals surface area contributed by atoms with Crippen LogP contribution in [-0.4, -0.2) is 34.6 Å². The van der Waals surface area contributed by atoms with Gasteiger partial charge in [0.2, 0.25) is 5.78 Å². The minimum atomic E-state index is -0.457. The molecule has 3 rings (SSSR count). The van der Waals surface area contributed by atoms with Crippen LogP contribution in [0.25, 0.3) is 0 Å². The van der Waals surface area contributed by atoms with Crippen molar-refractivity contribution in [1.29, 1.82) is 0 Å². The van der Waals surface area contributed by atoms with Gasteiger partial charge < -0.3 is 9.64 Å². The number of aromatic nitrogens is 2. The summed E-state index contributed by atoms with van der Waals surface area (Å²) in [6.45, 7) is 0.270. The van der Waals surface area contributed by atoms with Crippen LogP contribution in [0.5, 0.6) is 5.75 Å². The lowest BCUT2D eigenvalue weighted by Crippen LogP contribution is -2.26. The topological polar surface area (TPSA) is 64.4 Å². The monoisotopic (exact) mass is 409 g/mol. The Morgan fingerprint density at radius 3 is 2.47 bits per heavy atom. The standard InChI is InChI=1S/C24H31N3O3/c1-26(2)16-15-21(28)23-24(29)22(30-18-19-11-7-6-8-12-19)17-27(25-23)20-13-9-4-3-5-10-14-20/h6-8,11-12,15-17,20H,3-5,9-10,13-14,18H2,1-2H3/b16-15+. The van der Waals surface area contributed by atoms with Crippen LogP contribution >= 0.6 is 0 Å². The number of benzene rings is 1. The van der Waals surface area contributed by atoms with Gasteiger partial charge in [0.15, 0.2) is 11.4 Å². The zero-order valence-electron chi connectivity index (χ0n) is 17.9. The quantitative estimate of drug-likeness (QED) is 0.502. The number of hydrogen-bond acceptors (Lipinski definition) is 5. The Labute approximate surface area is 178 Å². The lowest BCUT2D eigenvalue weighted by atomic mass is 9.97. The van der Waals surface area contributed by atoms with Gasteiger partial charge in [-0.1, -0.05) is 62.4 Å². The van der Waals surface area contributed by atoms with E-state index in [1.807, 2.05) is 44.4 Å². The number of carbonyl (C=O) groups excluding carboxylic acids is 1. The van der Waals surface area contributed by atoms with Gasteiger partial charge in [0.25, 0.3) is 5.43 Å². The average molecular weight is 410 g/mol. The molecule has 6 heteroatoms. The van der Waals surface area contributed by atoms with Crippen LogP contribution in [0.1, 0.15) is 67.0 Å². The summed E-state index contributed by atoms with van der Waals surface area (Å²) in [5, 5.41) is 4.47. The molecule has 6 nitrogen and oxygen atoms in total. The Kier molecular flexibility index (Phi) is 7.82. The first-order chi connectivity index (χ1) is 14.5. The van der Waals surface area contributed by atoms with E-state index in [1.54, 1.807) is 22.0 Å². The third-order valence-electron chi connectivity index (χ3n) is 5.35. The van der Waals surface area contributed by atoms with Crippen LogP contribution in [0.2, 0.25) is 0 Å². The molecule has 1 heterocycles. The van der Waals surface area contributed by atoms with Crippen LogP contribution in [0.15, 0.2) is 53.6 Å². The summed E-state index contributed by atoms with van der Waals surface area (Å²) in [5.74, 6) is -0.226. The molecule has 0 aliphatic heterocycles. The van der Waals surface area contributed by atoms with E-state index >= 15 is 0 Å². The number of ketones is 1. The maximum atomic E-state index is 13.0. The fourth-order valence-electron chi connectivity index (χ4n) is 3.67. The largest absolute Gasteiger partial charge is 0.483 e. The molecule has 0 spiro atoms. The molecule has 0 radical (unpaired) electrons. The van der Waals surface area contributed by atoms with E-state index in [1.165, 1.54) is 25.3 Å². The summed E-state index contributed by atoms with van der Waals surface area (Å²) < 4.78 is 7.66. The molecule has 1 aliphatic carbocycles. The van der Waals surface area contributed by atoms with Gasteiger partial charge in [-0.2, -0.15) is 5.10 Å². The van der Waals surface area contributed by atoms with Crippen LogP contribution < -0.4 is 10.2 Å². The molecule has 160 valence electrons.